The van der Waals surface area contributed by atoms with E-state index in [1.54, 1.807) is 6.07 Å². The highest BCUT2D eigenvalue weighted by molar-refractivity contribution is 9.10. The summed E-state index contributed by atoms with van der Waals surface area (Å²) in [6, 6.07) is 12.2. The fraction of sp³-hybridized carbons (Fsp3) is 0.350. The Hall–Kier alpha value is -1.23. The van der Waals surface area contributed by atoms with Gasteiger partial charge >= 0.3 is 0 Å². The van der Waals surface area contributed by atoms with Crippen LogP contribution in [0, 0.1) is 0 Å². The van der Waals surface area contributed by atoms with E-state index in [1.165, 1.54) is 0 Å². The number of nitrogens with zero attached hydrogens (tertiary/aromatic N) is 2. The average Bonchev–Trinajstić information content (AvgIpc) is 3.25. The predicted molar refractivity (Wildman–Crippen MR) is 108 cm³/mol. The van der Waals surface area contributed by atoms with Crippen molar-refractivity contribution in [1.82, 2.24) is 5.01 Å². The molecule has 0 N–H and O–H groups in total. The molecule has 1 saturated carbocycles. The van der Waals surface area contributed by atoms with Crippen LogP contribution in [0.5, 0.6) is 5.75 Å². The molecule has 1 fully saturated rings. The number of benzene rings is 2. The molecule has 0 aromatic heterocycles. The molecule has 2 heterocycles. The van der Waals surface area contributed by atoms with Gasteiger partial charge in [0.1, 0.15) is 5.75 Å². The van der Waals surface area contributed by atoms with E-state index in [2.05, 4.69) is 45.2 Å². The number of hydrogen-bond acceptors (Lipinski definition) is 3. The zero-order valence-electron chi connectivity index (χ0n) is 14.0. The van der Waals surface area contributed by atoms with Crippen LogP contribution in [0.15, 0.2) is 46.0 Å². The van der Waals surface area contributed by atoms with Crippen LogP contribution in [-0.4, -0.2) is 16.4 Å². The molecule has 2 aromatic carbocycles. The molecule has 6 heteroatoms. The third kappa shape index (κ3) is 2.57. The van der Waals surface area contributed by atoms with Crippen LogP contribution >= 0.6 is 39.1 Å². The van der Waals surface area contributed by atoms with Crippen LogP contribution in [0.3, 0.4) is 0 Å². The van der Waals surface area contributed by atoms with Crippen LogP contribution < -0.4 is 4.74 Å². The number of halogens is 3. The van der Waals surface area contributed by atoms with Crippen LogP contribution in [0.4, 0.5) is 0 Å². The Bertz CT molecular complexity index is 907. The molecule has 2 aliphatic heterocycles. The van der Waals surface area contributed by atoms with Crippen molar-refractivity contribution < 1.29 is 4.74 Å². The second-order valence-corrected chi connectivity index (χ2v) is 8.94. The molecule has 5 rings (SSSR count). The van der Waals surface area contributed by atoms with Gasteiger partial charge in [-0.1, -0.05) is 51.3 Å². The summed E-state index contributed by atoms with van der Waals surface area (Å²) >= 11 is 16.3. The fourth-order valence-corrected chi connectivity index (χ4v) is 5.19. The molecule has 1 aliphatic carbocycles. The Morgan fingerprint density at radius 2 is 1.85 bits per heavy atom. The summed E-state index contributed by atoms with van der Waals surface area (Å²) in [6.45, 7) is 0. The van der Waals surface area contributed by atoms with Crippen molar-refractivity contribution in [2.75, 3.05) is 0 Å². The second-order valence-electron chi connectivity index (χ2n) is 7.18. The first kappa shape index (κ1) is 16.9. The fourth-order valence-electron chi connectivity index (χ4n) is 4.38. The minimum absolute atomic E-state index is 0.117. The molecular weight excluding hydrogens is 435 g/mol. The highest BCUT2D eigenvalue weighted by Crippen LogP contribution is 2.54. The van der Waals surface area contributed by atoms with Gasteiger partial charge in [0.2, 0.25) is 0 Å². The van der Waals surface area contributed by atoms with Gasteiger partial charge in [0.15, 0.2) is 5.72 Å². The first-order valence-corrected chi connectivity index (χ1v) is 10.4. The van der Waals surface area contributed by atoms with Crippen molar-refractivity contribution in [2.45, 2.75) is 43.9 Å². The van der Waals surface area contributed by atoms with E-state index in [0.717, 1.165) is 59.2 Å². The Labute approximate surface area is 171 Å². The molecule has 0 amide bonds. The first-order chi connectivity index (χ1) is 12.6. The molecule has 1 atom stereocenters. The molecule has 1 spiro atoms. The van der Waals surface area contributed by atoms with E-state index in [9.17, 15) is 0 Å². The number of ether oxygens (including phenoxy) is 1. The van der Waals surface area contributed by atoms with Gasteiger partial charge in [-0.15, -0.1) is 0 Å². The average molecular weight is 452 g/mol. The summed E-state index contributed by atoms with van der Waals surface area (Å²) in [5.74, 6) is 0.784. The van der Waals surface area contributed by atoms with E-state index in [4.69, 9.17) is 33.0 Å². The van der Waals surface area contributed by atoms with Crippen molar-refractivity contribution in [2.24, 2.45) is 5.10 Å². The van der Waals surface area contributed by atoms with Gasteiger partial charge in [-0.3, -0.25) is 0 Å². The van der Waals surface area contributed by atoms with Crippen molar-refractivity contribution in [3.8, 4) is 5.75 Å². The topological polar surface area (TPSA) is 24.8 Å². The summed E-state index contributed by atoms with van der Waals surface area (Å²) in [5, 5.41) is 8.44. The molecule has 3 nitrogen and oxygen atoms in total. The molecule has 0 bridgehead atoms. The number of hydrogen-bond donors (Lipinski definition) is 0. The lowest BCUT2D eigenvalue weighted by atomic mass is 9.94. The smallest absolute Gasteiger partial charge is 0.198 e. The standard InChI is InChI=1S/C20H17BrCl2N2O/c21-13-5-3-12(4-6-13)17-11-18-15-9-14(22)10-16(23)19(15)26-20(25(18)24-17)7-1-2-8-20/h3-6,9-10,18H,1-2,7-8,11H2/t18-/m1/s1. The largest absolute Gasteiger partial charge is 0.465 e. The van der Waals surface area contributed by atoms with Gasteiger partial charge in [-0.25, -0.2) is 5.01 Å². The lowest BCUT2D eigenvalue weighted by Gasteiger charge is -2.46. The monoisotopic (exact) mass is 450 g/mol. The molecule has 26 heavy (non-hydrogen) atoms. The van der Waals surface area contributed by atoms with Crippen LogP contribution in [0.2, 0.25) is 10.0 Å². The van der Waals surface area contributed by atoms with E-state index < -0.39 is 0 Å². The lowest BCUT2D eigenvalue weighted by Crippen LogP contribution is -2.51. The van der Waals surface area contributed by atoms with Crippen LogP contribution in [0.1, 0.15) is 49.3 Å². The summed E-state index contributed by atoms with van der Waals surface area (Å²) < 4.78 is 7.57. The number of rotatable bonds is 1. The summed E-state index contributed by atoms with van der Waals surface area (Å²) in [6.07, 6.45) is 5.06. The Kier molecular flexibility index (Phi) is 4.00. The molecule has 3 aliphatic rings. The van der Waals surface area contributed by atoms with Crippen molar-refractivity contribution in [1.29, 1.82) is 0 Å². The maximum absolute atomic E-state index is 6.50. The molecule has 0 radical (unpaired) electrons. The number of fused-ring (bicyclic) bond motifs is 4. The van der Waals surface area contributed by atoms with Gasteiger partial charge in [0.25, 0.3) is 0 Å². The lowest BCUT2D eigenvalue weighted by molar-refractivity contribution is -0.114. The third-order valence-electron chi connectivity index (χ3n) is 5.58. The van der Waals surface area contributed by atoms with E-state index in [1.807, 2.05) is 6.07 Å². The third-order valence-corrected chi connectivity index (χ3v) is 6.61. The summed E-state index contributed by atoms with van der Waals surface area (Å²) in [7, 11) is 0. The zero-order valence-corrected chi connectivity index (χ0v) is 17.1. The maximum Gasteiger partial charge on any atom is 0.198 e. The molecule has 2 aromatic rings. The van der Waals surface area contributed by atoms with E-state index >= 15 is 0 Å². The van der Waals surface area contributed by atoms with E-state index in [-0.39, 0.29) is 11.8 Å². The Balaban J connectivity index is 1.62. The number of hydrazone groups is 1. The zero-order chi connectivity index (χ0) is 17.9. The normalized spacial score (nSPS) is 22.8. The molecule has 134 valence electrons. The van der Waals surface area contributed by atoms with Crippen LogP contribution in [-0.2, 0) is 0 Å². The molecule has 0 unspecified atom stereocenters. The maximum atomic E-state index is 6.50. The summed E-state index contributed by atoms with van der Waals surface area (Å²) in [5.41, 5.74) is 2.88. The molecule has 0 saturated heterocycles. The van der Waals surface area contributed by atoms with Crippen molar-refractivity contribution in [3.05, 3.63) is 62.0 Å². The van der Waals surface area contributed by atoms with Gasteiger partial charge in [-0.2, -0.15) is 5.10 Å². The Morgan fingerprint density at radius 1 is 1.12 bits per heavy atom. The second kappa shape index (κ2) is 6.15. The van der Waals surface area contributed by atoms with Gasteiger partial charge < -0.3 is 4.74 Å². The van der Waals surface area contributed by atoms with Gasteiger partial charge in [0, 0.05) is 34.3 Å². The predicted octanol–water partition coefficient (Wildman–Crippen LogP) is 6.57. The summed E-state index contributed by atoms with van der Waals surface area (Å²) in [4.78, 5) is 0. The Morgan fingerprint density at radius 3 is 2.58 bits per heavy atom. The van der Waals surface area contributed by atoms with Crippen molar-refractivity contribution in [3.63, 3.8) is 0 Å². The van der Waals surface area contributed by atoms with Crippen molar-refractivity contribution >= 4 is 44.8 Å². The van der Waals surface area contributed by atoms with E-state index in [0.29, 0.717) is 10.0 Å². The minimum Gasteiger partial charge on any atom is -0.465 e. The van der Waals surface area contributed by atoms with Gasteiger partial charge in [-0.05, 0) is 42.7 Å². The van der Waals surface area contributed by atoms with Gasteiger partial charge in [0.05, 0.1) is 16.8 Å². The highest BCUT2D eigenvalue weighted by Gasteiger charge is 2.52. The SMILES string of the molecule is Clc1cc(Cl)c2c(c1)[C@H]1CC(c3ccc(Br)cc3)=NN1C1(CCCC1)O2. The quantitative estimate of drug-likeness (QED) is 0.489. The van der Waals surface area contributed by atoms with Crippen LogP contribution in [0.25, 0.3) is 0 Å². The first-order valence-electron chi connectivity index (χ1n) is 8.86. The minimum atomic E-state index is -0.383. The molecular formula is C20H17BrCl2N2O. The highest BCUT2D eigenvalue weighted by atomic mass is 79.9.